The van der Waals surface area contributed by atoms with E-state index in [0.717, 1.165) is 48.6 Å². The summed E-state index contributed by atoms with van der Waals surface area (Å²) in [6.07, 6.45) is 2.85. The molecule has 1 saturated heterocycles. The van der Waals surface area contributed by atoms with Crippen LogP contribution in [0.15, 0.2) is 60.7 Å². The predicted molar refractivity (Wildman–Crippen MR) is 129 cm³/mol. The number of nitrogens with zero attached hydrogens (tertiary/aromatic N) is 3. The molecule has 0 saturated carbocycles. The number of aromatic nitrogens is 2. The highest BCUT2D eigenvalue weighted by atomic mass is 16.5. The normalized spacial score (nSPS) is 15.7. The first-order chi connectivity index (χ1) is 16.1. The molecule has 0 bridgehead atoms. The first-order valence-corrected chi connectivity index (χ1v) is 11.9. The maximum absolute atomic E-state index is 13.2. The van der Waals surface area contributed by atoms with Gasteiger partial charge in [-0.25, -0.2) is 4.68 Å². The molecular formula is C27H33N3O3. The summed E-state index contributed by atoms with van der Waals surface area (Å²) in [5.41, 5.74) is 2.79. The Morgan fingerprint density at radius 3 is 2.45 bits per heavy atom. The Balaban J connectivity index is 1.75. The summed E-state index contributed by atoms with van der Waals surface area (Å²) in [5, 5.41) is 4.91. The van der Waals surface area contributed by atoms with E-state index in [1.54, 1.807) is 0 Å². The van der Waals surface area contributed by atoms with Crippen molar-refractivity contribution in [2.75, 3.05) is 13.2 Å². The van der Waals surface area contributed by atoms with Crippen LogP contribution in [0.5, 0.6) is 11.6 Å². The lowest BCUT2D eigenvalue weighted by Crippen LogP contribution is -2.39. The highest BCUT2D eigenvalue weighted by molar-refractivity contribution is 5.78. The molecule has 0 radical (unpaired) electrons. The molecule has 6 heteroatoms. The van der Waals surface area contributed by atoms with Crippen molar-refractivity contribution < 1.29 is 14.3 Å². The first kappa shape index (κ1) is 23.1. The summed E-state index contributed by atoms with van der Waals surface area (Å²) in [5.74, 6) is 1.40. The molecule has 1 aromatic heterocycles. The molecule has 3 aromatic rings. The zero-order chi connectivity index (χ0) is 23.2. The van der Waals surface area contributed by atoms with Crippen LogP contribution in [-0.4, -0.2) is 39.8 Å². The van der Waals surface area contributed by atoms with Gasteiger partial charge in [-0.2, -0.15) is 5.10 Å². The molecule has 0 N–H and O–H groups in total. The summed E-state index contributed by atoms with van der Waals surface area (Å²) < 4.78 is 14.1. The maximum Gasteiger partial charge on any atom is 0.227 e. The minimum Gasteiger partial charge on any atom is -0.439 e. The number of hydrogen-bond donors (Lipinski definition) is 0. The van der Waals surface area contributed by atoms with E-state index < -0.39 is 0 Å². The number of amides is 1. The Morgan fingerprint density at radius 2 is 1.85 bits per heavy atom. The van der Waals surface area contributed by atoms with Crippen molar-refractivity contribution in [3.8, 4) is 17.3 Å². The molecule has 1 aliphatic heterocycles. The lowest BCUT2D eigenvalue weighted by molar-refractivity contribution is -0.136. The Hall–Kier alpha value is -3.12. The van der Waals surface area contributed by atoms with Crippen molar-refractivity contribution in [3.63, 3.8) is 0 Å². The molecule has 33 heavy (non-hydrogen) atoms. The molecule has 1 unspecified atom stereocenters. The predicted octanol–water partition coefficient (Wildman–Crippen LogP) is 5.39. The van der Waals surface area contributed by atoms with Crippen LogP contribution in [0.4, 0.5) is 0 Å². The number of para-hydroxylation sites is 2. The molecule has 2 aromatic carbocycles. The zero-order valence-electron chi connectivity index (χ0n) is 19.7. The second-order valence-corrected chi connectivity index (χ2v) is 8.75. The zero-order valence-corrected chi connectivity index (χ0v) is 19.7. The molecule has 6 nitrogen and oxygen atoms in total. The van der Waals surface area contributed by atoms with Gasteiger partial charge in [-0.3, -0.25) is 4.79 Å². The van der Waals surface area contributed by atoms with Crippen molar-refractivity contribution in [1.82, 2.24) is 14.7 Å². The fourth-order valence-corrected chi connectivity index (χ4v) is 4.19. The molecule has 2 heterocycles. The summed E-state index contributed by atoms with van der Waals surface area (Å²) in [6.45, 7) is 7.77. The molecule has 0 aliphatic carbocycles. The molecule has 1 atom stereocenters. The smallest absolute Gasteiger partial charge is 0.227 e. The standard InChI is InChI=1S/C27H33N3O3/c1-4-25-24(19-29(26(31)20(2)3)18-23-16-11-17-32-23)27(33-22-14-9-6-10-15-22)30(28-25)21-12-7-5-8-13-21/h5-10,12-15,20,23H,4,11,16-19H2,1-3H3. The van der Waals surface area contributed by atoms with Crippen LogP contribution >= 0.6 is 0 Å². The number of ether oxygens (including phenoxy) is 2. The molecule has 1 fully saturated rings. The molecule has 1 aliphatic rings. The van der Waals surface area contributed by atoms with Crippen LogP contribution in [0, 0.1) is 5.92 Å². The van der Waals surface area contributed by atoms with E-state index in [0.29, 0.717) is 19.0 Å². The number of hydrogen-bond acceptors (Lipinski definition) is 4. The third-order valence-electron chi connectivity index (χ3n) is 5.92. The minimum absolute atomic E-state index is 0.0837. The van der Waals surface area contributed by atoms with E-state index in [1.807, 2.05) is 84.1 Å². The van der Waals surface area contributed by atoms with Crippen molar-refractivity contribution >= 4 is 5.91 Å². The van der Waals surface area contributed by atoms with E-state index in [1.165, 1.54) is 0 Å². The van der Waals surface area contributed by atoms with Crippen LogP contribution in [-0.2, 0) is 22.5 Å². The van der Waals surface area contributed by atoms with Gasteiger partial charge in [0.15, 0.2) is 0 Å². The number of carbonyl (C=O) groups is 1. The lowest BCUT2D eigenvalue weighted by atomic mass is 10.1. The molecule has 4 rings (SSSR count). The second kappa shape index (κ2) is 10.7. The van der Waals surface area contributed by atoms with Gasteiger partial charge < -0.3 is 14.4 Å². The topological polar surface area (TPSA) is 56.6 Å². The summed E-state index contributed by atoms with van der Waals surface area (Å²) in [4.78, 5) is 15.1. The maximum atomic E-state index is 13.2. The number of aryl methyl sites for hydroxylation is 1. The summed E-state index contributed by atoms with van der Waals surface area (Å²) in [7, 11) is 0. The second-order valence-electron chi connectivity index (χ2n) is 8.75. The highest BCUT2D eigenvalue weighted by Crippen LogP contribution is 2.32. The van der Waals surface area contributed by atoms with Gasteiger partial charge in [-0.1, -0.05) is 57.2 Å². The van der Waals surface area contributed by atoms with E-state index >= 15 is 0 Å². The fraction of sp³-hybridized carbons (Fsp3) is 0.407. The molecule has 1 amide bonds. The van der Waals surface area contributed by atoms with E-state index in [9.17, 15) is 4.79 Å². The van der Waals surface area contributed by atoms with Gasteiger partial charge in [0.1, 0.15) is 5.75 Å². The largest absolute Gasteiger partial charge is 0.439 e. The van der Waals surface area contributed by atoms with Gasteiger partial charge in [-0.15, -0.1) is 0 Å². The van der Waals surface area contributed by atoms with Crippen LogP contribution < -0.4 is 4.74 Å². The Labute approximate surface area is 196 Å². The molecule has 0 spiro atoms. The lowest BCUT2D eigenvalue weighted by Gasteiger charge is -2.27. The van der Waals surface area contributed by atoms with Gasteiger partial charge in [0.2, 0.25) is 11.8 Å². The van der Waals surface area contributed by atoms with Gasteiger partial charge in [0.25, 0.3) is 0 Å². The Kier molecular flexibility index (Phi) is 7.45. The van der Waals surface area contributed by atoms with Crippen molar-refractivity contribution in [2.45, 2.75) is 52.7 Å². The number of benzene rings is 2. The fourth-order valence-electron chi connectivity index (χ4n) is 4.19. The highest BCUT2D eigenvalue weighted by Gasteiger charge is 2.28. The van der Waals surface area contributed by atoms with E-state index in [2.05, 4.69) is 6.92 Å². The van der Waals surface area contributed by atoms with Gasteiger partial charge in [0, 0.05) is 19.1 Å². The third kappa shape index (κ3) is 5.45. The molecular weight excluding hydrogens is 414 g/mol. The number of carbonyl (C=O) groups excluding carboxylic acids is 1. The SMILES string of the molecule is CCc1nn(-c2ccccc2)c(Oc2ccccc2)c1CN(CC1CCCO1)C(=O)C(C)C. The Bertz CT molecular complexity index is 1040. The van der Waals surface area contributed by atoms with Crippen molar-refractivity contribution in [2.24, 2.45) is 5.92 Å². The quantitative estimate of drug-likeness (QED) is 0.441. The average molecular weight is 448 g/mol. The van der Waals surface area contributed by atoms with Crippen molar-refractivity contribution in [3.05, 3.63) is 71.9 Å². The van der Waals surface area contributed by atoms with Gasteiger partial charge in [0.05, 0.1) is 29.6 Å². The van der Waals surface area contributed by atoms with Crippen molar-refractivity contribution in [1.29, 1.82) is 0 Å². The van der Waals surface area contributed by atoms with Gasteiger partial charge in [-0.05, 0) is 43.5 Å². The van der Waals surface area contributed by atoms with Crippen LogP contribution in [0.2, 0.25) is 0 Å². The van der Waals surface area contributed by atoms with E-state index in [4.69, 9.17) is 14.6 Å². The van der Waals surface area contributed by atoms with Crippen LogP contribution in [0.1, 0.15) is 44.9 Å². The Morgan fingerprint density at radius 1 is 1.15 bits per heavy atom. The summed E-state index contributed by atoms with van der Waals surface area (Å²) in [6, 6.07) is 19.7. The first-order valence-electron chi connectivity index (χ1n) is 11.9. The molecule has 174 valence electrons. The third-order valence-corrected chi connectivity index (χ3v) is 5.92. The average Bonchev–Trinajstić information content (AvgIpc) is 3.47. The van der Waals surface area contributed by atoms with Crippen LogP contribution in [0.3, 0.4) is 0 Å². The monoisotopic (exact) mass is 447 g/mol. The minimum atomic E-state index is -0.0980. The van der Waals surface area contributed by atoms with E-state index in [-0.39, 0.29) is 17.9 Å². The van der Waals surface area contributed by atoms with Gasteiger partial charge >= 0.3 is 0 Å². The summed E-state index contributed by atoms with van der Waals surface area (Å²) >= 11 is 0. The van der Waals surface area contributed by atoms with Crippen LogP contribution in [0.25, 0.3) is 5.69 Å². The number of rotatable bonds is 9.